The fourth-order valence-electron chi connectivity index (χ4n) is 1.86. The van der Waals surface area contributed by atoms with E-state index in [0.29, 0.717) is 17.8 Å². The first kappa shape index (κ1) is 12.7. The molecule has 1 aromatic carbocycles. The van der Waals surface area contributed by atoms with Crippen LogP contribution < -0.4 is 0 Å². The van der Waals surface area contributed by atoms with E-state index in [2.05, 4.69) is 20.8 Å². The molecule has 0 amide bonds. The van der Waals surface area contributed by atoms with E-state index in [9.17, 15) is 4.79 Å². The van der Waals surface area contributed by atoms with Crippen LogP contribution in [-0.2, 0) is 10.2 Å². The highest BCUT2D eigenvalue weighted by atomic mass is 16.5. The molecular formula is C15H18O3. The summed E-state index contributed by atoms with van der Waals surface area (Å²) in [6.07, 6.45) is 1.47. The minimum absolute atomic E-state index is 0.0391. The summed E-state index contributed by atoms with van der Waals surface area (Å²) in [6.45, 7) is 8.57. The molecule has 0 spiro atoms. The third-order valence-corrected chi connectivity index (χ3v) is 2.93. The van der Waals surface area contributed by atoms with Gasteiger partial charge in [0.05, 0.1) is 6.61 Å². The van der Waals surface area contributed by atoms with Crippen molar-refractivity contribution in [2.75, 3.05) is 6.61 Å². The fourth-order valence-corrected chi connectivity index (χ4v) is 1.86. The Balaban J connectivity index is 2.53. The van der Waals surface area contributed by atoms with Crippen LogP contribution in [0.4, 0.5) is 0 Å². The lowest BCUT2D eigenvalue weighted by Crippen LogP contribution is -2.11. The molecule has 3 nitrogen and oxygen atoms in total. The molecule has 96 valence electrons. The summed E-state index contributed by atoms with van der Waals surface area (Å²) in [7, 11) is 0. The molecule has 3 heteroatoms. The zero-order chi connectivity index (χ0) is 13.3. The molecule has 0 atom stereocenters. The van der Waals surface area contributed by atoms with Crippen LogP contribution in [-0.4, -0.2) is 12.6 Å². The number of benzene rings is 1. The van der Waals surface area contributed by atoms with Crippen LogP contribution in [0.3, 0.4) is 0 Å². The van der Waals surface area contributed by atoms with Gasteiger partial charge in [-0.25, -0.2) is 4.79 Å². The number of rotatable bonds is 2. The molecule has 2 rings (SSSR count). The van der Waals surface area contributed by atoms with Gasteiger partial charge in [0, 0.05) is 5.39 Å². The first-order valence-electron chi connectivity index (χ1n) is 6.12. The van der Waals surface area contributed by atoms with Gasteiger partial charge in [-0.05, 0) is 30.0 Å². The van der Waals surface area contributed by atoms with Gasteiger partial charge in [-0.2, -0.15) is 0 Å². The highest BCUT2D eigenvalue weighted by Gasteiger charge is 2.19. The predicted octanol–water partition coefficient (Wildman–Crippen LogP) is 3.91. The number of carbonyl (C=O) groups is 1. The summed E-state index contributed by atoms with van der Waals surface area (Å²) in [6, 6.07) is 5.94. The Kier molecular flexibility index (Phi) is 3.16. The molecule has 0 bridgehead atoms. The van der Waals surface area contributed by atoms with Gasteiger partial charge < -0.3 is 9.15 Å². The summed E-state index contributed by atoms with van der Waals surface area (Å²) in [5, 5.41) is 0.820. The van der Waals surface area contributed by atoms with E-state index in [-0.39, 0.29) is 11.4 Å². The van der Waals surface area contributed by atoms with Crippen molar-refractivity contribution in [3.8, 4) is 0 Å². The van der Waals surface area contributed by atoms with Gasteiger partial charge in [0.1, 0.15) is 17.4 Å². The van der Waals surface area contributed by atoms with Crippen molar-refractivity contribution in [3.05, 3.63) is 35.6 Å². The van der Waals surface area contributed by atoms with Crippen LogP contribution in [0.2, 0.25) is 0 Å². The minimum atomic E-state index is -0.331. The van der Waals surface area contributed by atoms with E-state index in [0.717, 1.165) is 5.39 Å². The lowest BCUT2D eigenvalue weighted by atomic mass is 9.86. The predicted molar refractivity (Wildman–Crippen MR) is 70.9 cm³/mol. The molecule has 1 heterocycles. The minimum Gasteiger partial charge on any atom is -0.463 e. The maximum Gasteiger partial charge on any atom is 0.342 e. The monoisotopic (exact) mass is 246 g/mol. The summed E-state index contributed by atoms with van der Waals surface area (Å²) in [5.74, 6) is -0.331. The van der Waals surface area contributed by atoms with Crippen LogP contribution in [0.15, 0.2) is 28.9 Å². The van der Waals surface area contributed by atoms with Crippen molar-refractivity contribution in [1.29, 1.82) is 0 Å². The average Bonchev–Trinajstić information content (AvgIpc) is 2.70. The van der Waals surface area contributed by atoms with Crippen molar-refractivity contribution in [2.24, 2.45) is 0 Å². The molecule has 0 radical (unpaired) electrons. The standard InChI is InChI=1S/C15H18O3/c1-5-17-14(16)12-9-18-13-7-6-10(8-11(12)13)15(2,3)4/h6-9H,5H2,1-4H3. The Morgan fingerprint density at radius 1 is 1.33 bits per heavy atom. The van der Waals surface area contributed by atoms with Gasteiger partial charge in [0.2, 0.25) is 0 Å². The highest BCUT2D eigenvalue weighted by Crippen LogP contribution is 2.29. The van der Waals surface area contributed by atoms with Crippen LogP contribution in [0.1, 0.15) is 43.6 Å². The molecule has 2 aromatic rings. The Morgan fingerprint density at radius 3 is 2.67 bits per heavy atom. The summed E-state index contributed by atoms with van der Waals surface area (Å²) >= 11 is 0. The van der Waals surface area contributed by atoms with E-state index in [1.54, 1.807) is 6.92 Å². The quantitative estimate of drug-likeness (QED) is 0.754. The number of fused-ring (bicyclic) bond motifs is 1. The number of furan rings is 1. The number of ether oxygens (including phenoxy) is 1. The Hall–Kier alpha value is -1.77. The number of esters is 1. The molecule has 0 aliphatic rings. The van der Waals surface area contributed by atoms with Crippen LogP contribution in [0.25, 0.3) is 11.0 Å². The SMILES string of the molecule is CCOC(=O)c1coc2ccc(C(C)(C)C)cc12. The van der Waals surface area contributed by atoms with Gasteiger partial charge >= 0.3 is 5.97 Å². The first-order valence-corrected chi connectivity index (χ1v) is 6.12. The summed E-state index contributed by atoms with van der Waals surface area (Å²) < 4.78 is 10.4. The smallest absolute Gasteiger partial charge is 0.342 e. The van der Waals surface area contributed by atoms with Crippen molar-refractivity contribution in [3.63, 3.8) is 0 Å². The molecule has 0 saturated heterocycles. The maximum atomic E-state index is 11.8. The fraction of sp³-hybridized carbons (Fsp3) is 0.400. The molecule has 0 unspecified atom stereocenters. The van der Waals surface area contributed by atoms with Crippen molar-refractivity contribution < 1.29 is 13.9 Å². The van der Waals surface area contributed by atoms with E-state index >= 15 is 0 Å². The van der Waals surface area contributed by atoms with Gasteiger partial charge in [0.25, 0.3) is 0 Å². The van der Waals surface area contributed by atoms with Crippen LogP contribution in [0, 0.1) is 0 Å². The average molecular weight is 246 g/mol. The third kappa shape index (κ3) is 2.26. The maximum absolute atomic E-state index is 11.8. The molecular weight excluding hydrogens is 228 g/mol. The van der Waals surface area contributed by atoms with E-state index in [1.807, 2.05) is 18.2 Å². The number of carbonyl (C=O) groups excluding carboxylic acids is 1. The molecule has 0 saturated carbocycles. The van der Waals surface area contributed by atoms with E-state index in [1.165, 1.54) is 11.8 Å². The second-order valence-electron chi connectivity index (χ2n) is 5.33. The molecule has 18 heavy (non-hydrogen) atoms. The molecule has 0 fully saturated rings. The third-order valence-electron chi connectivity index (χ3n) is 2.93. The Bertz CT molecular complexity index is 573. The molecule has 1 aromatic heterocycles. The lowest BCUT2D eigenvalue weighted by molar-refractivity contribution is 0.0527. The van der Waals surface area contributed by atoms with Crippen molar-refractivity contribution >= 4 is 16.9 Å². The summed E-state index contributed by atoms with van der Waals surface area (Å²) in [5.41, 5.74) is 2.42. The number of hydrogen-bond donors (Lipinski definition) is 0. The van der Waals surface area contributed by atoms with Crippen LogP contribution in [0.5, 0.6) is 0 Å². The lowest BCUT2D eigenvalue weighted by Gasteiger charge is -2.18. The van der Waals surface area contributed by atoms with Crippen LogP contribution >= 0.6 is 0 Å². The van der Waals surface area contributed by atoms with Gasteiger partial charge in [-0.3, -0.25) is 0 Å². The second kappa shape index (κ2) is 4.48. The zero-order valence-corrected chi connectivity index (χ0v) is 11.2. The van der Waals surface area contributed by atoms with Crippen molar-refractivity contribution in [1.82, 2.24) is 0 Å². The summed E-state index contributed by atoms with van der Waals surface area (Å²) in [4.78, 5) is 11.8. The van der Waals surface area contributed by atoms with Gasteiger partial charge in [0.15, 0.2) is 0 Å². The van der Waals surface area contributed by atoms with E-state index < -0.39 is 0 Å². The van der Waals surface area contributed by atoms with Gasteiger partial charge in [-0.15, -0.1) is 0 Å². The normalized spacial score (nSPS) is 11.8. The largest absolute Gasteiger partial charge is 0.463 e. The second-order valence-corrected chi connectivity index (χ2v) is 5.33. The molecule has 0 aliphatic carbocycles. The highest BCUT2D eigenvalue weighted by molar-refractivity contribution is 6.03. The molecule has 0 N–H and O–H groups in total. The molecule has 0 aliphatic heterocycles. The number of hydrogen-bond acceptors (Lipinski definition) is 3. The zero-order valence-electron chi connectivity index (χ0n) is 11.2. The Labute approximate surface area is 107 Å². The Morgan fingerprint density at radius 2 is 2.06 bits per heavy atom. The van der Waals surface area contributed by atoms with E-state index in [4.69, 9.17) is 9.15 Å². The van der Waals surface area contributed by atoms with Crippen molar-refractivity contribution in [2.45, 2.75) is 33.1 Å². The topological polar surface area (TPSA) is 39.4 Å². The first-order chi connectivity index (χ1) is 8.43. The van der Waals surface area contributed by atoms with Gasteiger partial charge in [-0.1, -0.05) is 26.8 Å².